The summed E-state index contributed by atoms with van der Waals surface area (Å²) in [6.07, 6.45) is 9.43. The molecule has 3 fully saturated rings. The van der Waals surface area contributed by atoms with Crippen molar-refractivity contribution in [1.82, 2.24) is 15.6 Å². The maximum atomic E-state index is 12.9. The van der Waals surface area contributed by atoms with Crippen molar-refractivity contribution in [2.75, 3.05) is 19.7 Å². The number of fused-ring (bicyclic) bond motifs is 2. The van der Waals surface area contributed by atoms with Crippen molar-refractivity contribution in [2.45, 2.75) is 63.5 Å². The van der Waals surface area contributed by atoms with Crippen LogP contribution in [-0.4, -0.2) is 42.7 Å². The number of amides is 1. The lowest BCUT2D eigenvalue weighted by molar-refractivity contribution is -0.0211. The van der Waals surface area contributed by atoms with Gasteiger partial charge in [0.25, 0.3) is 5.91 Å². The molecule has 2 N–H and O–H groups in total. The Morgan fingerprint density at radius 2 is 2.00 bits per heavy atom. The van der Waals surface area contributed by atoms with Crippen molar-refractivity contribution in [3.05, 3.63) is 15.6 Å². The van der Waals surface area contributed by atoms with E-state index in [1.165, 1.54) is 30.6 Å². The van der Waals surface area contributed by atoms with Crippen molar-refractivity contribution >= 4 is 17.2 Å². The zero-order valence-corrected chi connectivity index (χ0v) is 16.2. The third-order valence-corrected chi connectivity index (χ3v) is 7.78. The van der Waals surface area contributed by atoms with Crippen LogP contribution in [0, 0.1) is 17.8 Å². The number of carbonyl (C=O) groups is 1. The van der Waals surface area contributed by atoms with Crippen LogP contribution in [-0.2, 0) is 17.6 Å². The number of rotatable bonds is 5. The third kappa shape index (κ3) is 3.56. The summed E-state index contributed by atoms with van der Waals surface area (Å²) < 4.78 is 6.29. The minimum Gasteiger partial charge on any atom is -0.376 e. The molecular weight excluding hydrogens is 346 g/mol. The molecule has 5 rings (SSSR count). The lowest BCUT2D eigenvalue weighted by Gasteiger charge is -2.38. The van der Waals surface area contributed by atoms with Gasteiger partial charge in [-0.2, -0.15) is 0 Å². The van der Waals surface area contributed by atoms with E-state index >= 15 is 0 Å². The Morgan fingerprint density at radius 1 is 1.19 bits per heavy atom. The highest BCUT2D eigenvalue weighted by Gasteiger charge is 2.41. The van der Waals surface area contributed by atoms with Crippen LogP contribution in [0.15, 0.2) is 0 Å². The molecule has 0 aromatic carbocycles. The van der Waals surface area contributed by atoms with Crippen LogP contribution < -0.4 is 10.6 Å². The Morgan fingerprint density at radius 3 is 2.81 bits per heavy atom. The number of hydrogen-bond donors (Lipinski definition) is 2. The largest absolute Gasteiger partial charge is 0.376 e. The topological polar surface area (TPSA) is 63.2 Å². The van der Waals surface area contributed by atoms with Gasteiger partial charge >= 0.3 is 0 Å². The molecule has 3 aliphatic carbocycles. The van der Waals surface area contributed by atoms with Gasteiger partial charge in [0.2, 0.25) is 0 Å². The van der Waals surface area contributed by atoms with Gasteiger partial charge in [-0.15, -0.1) is 11.3 Å². The summed E-state index contributed by atoms with van der Waals surface area (Å²) >= 11 is 1.60. The number of thiazole rings is 1. The van der Waals surface area contributed by atoms with E-state index in [1.54, 1.807) is 11.3 Å². The number of nitrogens with zero attached hydrogens (tertiary/aromatic N) is 1. The number of nitrogens with one attached hydrogen (secondary N) is 2. The zero-order chi connectivity index (χ0) is 17.5. The van der Waals surface area contributed by atoms with E-state index in [0.717, 1.165) is 57.0 Å². The first-order chi connectivity index (χ1) is 12.8. The SMILES string of the molecule is O=C(N[C@H]1C[C@H]2CNC[C@H]2C[C@@H]1OCC1CC1)c1nc2c(s1)CCCC2. The number of aryl methyl sites for hydroxylation is 2. The average molecular weight is 376 g/mol. The van der Waals surface area contributed by atoms with Crippen molar-refractivity contribution in [3.63, 3.8) is 0 Å². The molecule has 4 aliphatic rings. The highest BCUT2D eigenvalue weighted by molar-refractivity contribution is 7.13. The van der Waals surface area contributed by atoms with E-state index in [2.05, 4.69) is 15.6 Å². The molecule has 5 nitrogen and oxygen atoms in total. The Kier molecular flexibility index (Phi) is 4.75. The number of carbonyl (C=O) groups excluding carboxylic acids is 1. The Hall–Kier alpha value is -0.980. The molecule has 0 radical (unpaired) electrons. The third-order valence-electron chi connectivity index (χ3n) is 6.62. The Labute approximate surface area is 159 Å². The first-order valence-corrected chi connectivity index (χ1v) is 11.2. The van der Waals surface area contributed by atoms with E-state index in [1.807, 2.05) is 0 Å². The number of ether oxygens (including phenoxy) is 1. The van der Waals surface area contributed by atoms with Crippen molar-refractivity contribution in [2.24, 2.45) is 17.8 Å². The summed E-state index contributed by atoms with van der Waals surface area (Å²) in [5.74, 6) is 2.15. The molecule has 1 amide bonds. The molecule has 2 heterocycles. The van der Waals surface area contributed by atoms with Crippen LogP contribution in [0.25, 0.3) is 0 Å². The molecule has 1 aromatic rings. The molecule has 6 heteroatoms. The lowest BCUT2D eigenvalue weighted by Crippen LogP contribution is -2.50. The first kappa shape index (κ1) is 17.1. The molecule has 2 saturated carbocycles. The smallest absolute Gasteiger partial charge is 0.280 e. The second kappa shape index (κ2) is 7.21. The van der Waals surface area contributed by atoms with Crippen LogP contribution in [0.2, 0.25) is 0 Å². The van der Waals surface area contributed by atoms with Gasteiger partial charge in [-0.3, -0.25) is 4.79 Å². The van der Waals surface area contributed by atoms with E-state index in [9.17, 15) is 4.79 Å². The van der Waals surface area contributed by atoms with Gasteiger partial charge in [-0.05, 0) is 82.2 Å². The van der Waals surface area contributed by atoms with Gasteiger partial charge in [0.1, 0.15) is 0 Å². The van der Waals surface area contributed by atoms with Crippen LogP contribution in [0.5, 0.6) is 0 Å². The molecule has 4 atom stereocenters. The molecular formula is C20H29N3O2S. The first-order valence-electron chi connectivity index (χ1n) is 10.4. The Balaban J connectivity index is 1.27. The second-order valence-electron chi connectivity index (χ2n) is 8.64. The van der Waals surface area contributed by atoms with Crippen molar-refractivity contribution < 1.29 is 9.53 Å². The molecule has 142 valence electrons. The number of aromatic nitrogens is 1. The molecule has 0 bridgehead atoms. The maximum Gasteiger partial charge on any atom is 0.280 e. The van der Waals surface area contributed by atoms with Gasteiger partial charge in [-0.25, -0.2) is 4.98 Å². The normalized spacial score (nSPS) is 33.5. The van der Waals surface area contributed by atoms with E-state index in [4.69, 9.17) is 4.74 Å². The monoisotopic (exact) mass is 375 g/mol. The fraction of sp³-hybridized carbons (Fsp3) is 0.800. The van der Waals surface area contributed by atoms with Crippen molar-refractivity contribution in [1.29, 1.82) is 0 Å². The summed E-state index contributed by atoms with van der Waals surface area (Å²) in [6.45, 7) is 3.05. The molecule has 1 aliphatic heterocycles. The molecule has 1 aromatic heterocycles. The van der Waals surface area contributed by atoms with Gasteiger partial charge in [0.05, 0.1) is 17.8 Å². The van der Waals surface area contributed by atoms with E-state index in [-0.39, 0.29) is 18.1 Å². The summed E-state index contributed by atoms with van der Waals surface area (Å²) in [6, 6.07) is 0.128. The zero-order valence-electron chi connectivity index (χ0n) is 15.3. The summed E-state index contributed by atoms with van der Waals surface area (Å²) in [5, 5.41) is 7.49. The predicted molar refractivity (Wildman–Crippen MR) is 102 cm³/mol. The summed E-state index contributed by atoms with van der Waals surface area (Å²) in [7, 11) is 0. The van der Waals surface area contributed by atoms with E-state index < -0.39 is 0 Å². The van der Waals surface area contributed by atoms with Gasteiger partial charge in [0.15, 0.2) is 5.01 Å². The maximum absolute atomic E-state index is 12.9. The minimum absolute atomic E-state index is 0.0128. The highest BCUT2D eigenvalue weighted by Crippen LogP contribution is 2.36. The molecule has 26 heavy (non-hydrogen) atoms. The summed E-state index contributed by atoms with van der Waals surface area (Å²) in [4.78, 5) is 18.9. The van der Waals surface area contributed by atoms with E-state index in [0.29, 0.717) is 16.8 Å². The molecule has 0 spiro atoms. The van der Waals surface area contributed by atoms with Gasteiger partial charge in [0, 0.05) is 11.5 Å². The van der Waals surface area contributed by atoms with Crippen LogP contribution in [0.3, 0.4) is 0 Å². The van der Waals surface area contributed by atoms with Gasteiger partial charge < -0.3 is 15.4 Å². The average Bonchev–Trinajstić information content (AvgIpc) is 3.19. The molecule has 1 saturated heterocycles. The Bertz CT molecular complexity index is 649. The van der Waals surface area contributed by atoms with Crippen LogP contribution in [0.4, 0.5) is 0 Å². The van der Waals surface area contributed by atoms with Crippen LogP contribution in [0.1, 0.15) is 58.9 Å². The highest BCUT2D eigenvalue weighted by atomic mass is 32.1. The summed E-state index contributed by atoms with van der Waals surface area (Å²) in [5.41, 5.74) is 1.16. The standard InChI is InChI=1S/C20H29N3O2S/c24-19(20-23-15-3-1-2-4-18(15)26-20)22-16-7-13-9-21-10-14(13)8-17(16)25-11-12-5-6-12/h12-14,16-17,21H,1-11H2,(H,22,24)/t13-,14+,16-,17-/m0/s1. The number of hydrogen-bond acceptors (Lipinski definition) is 5. The molecule has 0 unspecified atom stereocenters. The minimum atomic E-state index is 0.0128. The predicted octanol–water partition coefficient (Wildman–Crippen LogP) is 2.54. The quantitative estimate of drug-likeness (QED) is 0.830. The fourth-order valence-corrected chi connectivity index (χ4v) is 5.89. The van der Waals surface area contributed by atoms with Crippen LogP contribution >= 0.6 is 11.3 Å². The van der Waals surface area contributed by atoms with Crippen molar-refractivity contribution in [3.8, 4) is 0 Å². The second-order valence-corrected chi connectivity index (χ2v) is 9.72. The van der Waals surface area contributed by atoms with Gasteiger partial charge in [-0.1, -0.05) is 0 Å². The fourth-order valence-electron chi connectivity index (χ4n) is 4.84. The lowest BCUT2D eigenvalue weighted by atomic mass is 9.77.